The number of thiophene rings is 1. The lowest BCUT2D eigenvalue weighted by atomic mass is 10.2. The number of nitrogens with zero attached hydrogens (tertiary/aromatic N) is 4. The van der Waals surface area contributed by atoms with Crippen LogP contribution in [0.5, 0.6) is 0 Å². The molecule has 1 aromatic carbocycles. The number of aromatic nitrogens is 3. The van der Waals surface area contributed by atoms with Crippen LogP contribution in [-0.2, 0) is 4.79 Å². The molecule has 0 radical (unpaired) electrons. The molecule has 4 rings (SSSR count). The van der Waals surface area contributed by atoms with Gasteiger partial charge in [-0.15, -0.1) is 16.4 Å². The van der Waals surface area contributed by atoms with Crippen LogP contribution in [0.4, 0.5) is 0 Å². The third-order valence-corrected chi connectivity index (χ3v) is 6.38. The predicted octanol–water partition coefficient (Wildman–Crippen LogP) is 3.11. The number of carbonyl (C=O) groups is 2. The minimum atomic E-state index is 0.0365. The Labute approximate surface area is 182 Å². The van der Waals surface area contributed by atoms with E-state index >= 15 is 0 Å². The lowest BCUT2D eigenvalue weighted by Crippen LogP contribution is -2.51. The Morgan fingerprint density at radius 2 is 1.80 bits per heavy atom. The molecule has 2 aromatic heterocycles. The van der Waals surface area contributed by atoms with Gasteiger partial charge >= 0.3 is 0 Å². The molecule has 2 amide bonds. The van der Waals surface area contributed by atoms with E-state index in [1.54, 1.807) is 4.90 Å². The summed E-state index contributed by atoms with van der Waals surface area (Å²) in [6.07, 6.45) is 3.81. The van der Waals surface area contributed by atoms with Crippen LogP contribution in [0.1, 0.15) is 21.1 Å². The highest BCUT2D eigenvalue weighted by molar-refractivity contribution is 7.99. The maximum absolute atomic E-state index is 12.5. The van der Waals surface area contributed by atoms with Crippen LogP contribution in [0.25, 0.3) is 12.2 Å². The zero-order valence-corrected chi connectivity index (χ0v) is 17.9. The number of thioether (sulfide) groups is 1. The van der Waals surface area contributed by atoms with Gasteiger partial charge in [0.15, 0.2) is 0 Å². The van der Waals surface area contributed by atoms with Crippen molar-refractivity contribution < 1.29 is 9.59 Å². The van der Waals surface area contributed by atoms with Gasteiger partial charge in [0.25, 0.3) is 5.91 Å². The van der Waals surface area contributed by atoms with Crippen molar-refractivity contribution in [3.63, 3.8) is 0 Å². The molecule has 0 bridgehead atoms. The van der Waals surface area contributed by atoms with Gasteiger partial charge in [-0.3, -0.25) is 14.7 Å². The number of rotatable bonds is 6. The summed E-state index contributed by atoms with van der Waals surface area (Å²) in [6, 6.07) is 13.7. The summed E-state index contributed by atoms with van der Waals surface area (Å²) in [4.78, 5) is 33.7. The Morgan fingerprint density at radius 1 is 1.03 bits per heavy atom. The van der Waals surface area contributed by atoms with Crippen molar-refractivity contribution in [2.75, 3.05) is 31.9 Å². The summed E-state index contributed by atoms with van der Waals surface area (Å²) in [7, 11) is 0. The Balaban J connectivity index is 1.23. The maximum atomic E-state index is 12.5. The number of benzene rings is 1. The van der Waals surface area contributed by atoms with E-state index in [0.717, 1.165) is 10.4 Å². The first-order chi connectivity index (χ1) is 14.7. The van der Waals surface area contributed by atoms with Crippen molar-refractivity contribution in [2.24, 2.45) is 0 Å². The molecular weight excluding hydrogens is 418 g/mol. The first-order valence-electron chi connectivity index (χ1n) is 9.58. The minimum absolute atomic E-state index is 0.0365. The molecule has 1 saturated heterocycles. The monoisotopic (exact) mass is 439 g/mol. The van der Waals surface area contributed by atoms with E-state index in [1.165, 1.54) is 23.1 Å². The van der Waals surface area contributed by atoms with Crippen LogP contribution in [0.3, 0.4) is 0 Å². The zero-order valence-electron chi connectivity index (χ0n) is 16.2. The van der Waals surface area contributed by atoms with Gasteiger partial charge in [0.05, 0.1) is 10.6 Å². The van der Waals surface area contributed by atoms with E-state index in [4.69, 9.17) is 0 Å². The van der Waals surface area contributed by atoms with Crippen LogP contribution >= 0.6 is 23.1 Å². The molecule has 1 aliphatic rings. The van der Waals surface area contributed by atoms with E-state index in [1.807, 2.05) is 64.9 Å². The van der Waals surface area contributed by atoms with E-state index in [-0.39, 0.29) is 17.6 Å². The molecule has 1 fully saturated rings. The first kappa shape index (κ1) is 20.4. The lowest BCUT2D eigenvalue weighted by Gasteiger charge is -2.34. The van der Waals surface area contributed by atoms with E-state index in [2.05, 4.69) is 15.2 Å². The highest BCUT2D eigenvalue weighted by Crippen LogP contribution is 2.17. The number of piperazine rings is 1. The second kappa shape index (κ2) is 9.73. The fraction of sp³-hybridized carbons (Fsp3) is 0.238. The predicted molar refractivity (Wildman–Crippen MR) is 119 cm³/mol. The molecule has 154 valence electrons. The molecule has 30 heavy (non-hydrogen) atoms. The third-order valence-electron chi connectivity index (χ3n) is 4.69. The van der Waals surface area contributed by atoms with Gasteiger partial charge in [-0.25, -0.2) is 4.98 Å². The number of nitrogens with one attached hydrogen (secondary N) is 1. The number of carbonyl (C=O) groups excluding carboxylic acids is 2. The van der Waals surface area contributed by atoms with Crippen molar-refractivity contribution in [3.8, 4) is 0 Å². The summed E-state index contributed by atoms with van der Waals surface area (Å²) < 4.78 is 0. The average Bonchev–Trinajstić information content (AvgIpc) is 3.49. The normalized spacial score (nSPS) is 14.4. The van der Waals surface area contributed by atoms with Crippen molar-refractivity contribution in [1.82, 2.24) is 25.0 Å². The molecule has 0 atom stereocenters. The number of H-pyrrole nitrogens is 1. The molecule has 3 heterocycles. The van der Waals surface area contributed by atoms with Gasteiger partial charge in [0.2, 0.25) is 11.1 Å². The molecule has 9 heteroatoms. The Kier molecular flexibility index (Phi) is 6.60. The summed E-state index contributed by atoms with van der Waals surface area (Å²) in [6.45, 7) is 2.22. The van der Waals surface area contributed by atoms with E-state index in [0.29, 0.717) is 37.2 Å². The summed E-state index contributed by atoms with van der Waals surface area (Å²) >= 11 is 2.76. The highest BCUT2D eigenvalue weighted by atomic mass is 32.2. The highest BCUT2D eigenvalue weighted by Gasteiger charge is 2.25. The molecule has 0 unspecified atom stereocenters. The van der Waals surface area contributed by atoms with Crippen LogP contribution in [-0.4, -0.2) is 68.7 Å². The van der Waals surface area contributed by atoms with Gasteiger partial charge in [0, 0.05) is 26.2 Å². The first-order valence-corrected chi connectivity index (χ1v) is 11.4. The van der Waals surface area contributed by atoms with Gasteiger partial charge in [-0.1, -0.05) is 54.2 Å². The molecule has 0 saturated carbocycles. The number of aromatic amines is 1. The standard InChI is InChI=1S/C21H21N5O2S2/c27-19(25-10-12-26(13-11-25)20(28)17-7-4-14-29-17)15-30-21-22-18(23-24-21)9-8-16-5-2-1-3-6-16/h1-9,14H,10-13,15H2,(H,22,23,24)/b9-8+. The fourth-order valence-electron chi connectivity index (χ4n) is 3.07. The summed E-state index contributed by atoms with van der Waals surface area (Å²) in [5.74, 6) is 1.01. The second-order valence-corrected chi connectivity index (χ2v) is 8.58. The topological polar surface area (TPSA) is 82.2 Å². The van der Waals surface area contributed by atoms with Crippen molar-refractivity contribution >= 4 is 47.1 Å². The molecule has 7 nitrogen and oxygen atoms in total. The summed E-state index contributed by atoms with van der Waals surface area (Å²) in [5.41, 5.74) is 1.08. The molecule has 3 aromatic rings. The molecule has 0 spiro atoms. The van der Waals surface area contributed by atoms with Crippen molar-refractivity contribution in [2.45, 2.75) is 5.16 Å². The second-order valence-electron chi connectivity index (χ2n) is 6.69. The number of hydrogen-bond donors (Lipinski definition) is 1. The van der Waals surface area contributed by atoms with Crippen molar-refractivity contribution in [1.29, 1.82) is 0 Å². The van der Waals surface area contributed by atoms with E-state index < -0.39 is 0 Å². The molecular formula is C21H21N5O2S2. The minimum Gasteiger partial charge on any atom is -0.338 e. The largest absolute Gasteiger partial charge is 0.338 e. The van der Waals surface area contributed by atoms with Crippen LogP contribution in [0, 0.1) is 0 Å². The van der Waals surface area contributed by atoms with Crippen LogP contribution in [0.15, 0.2) is 53.0 Å². The lowest BCUT2D eigenvalue weighted by molar-refractivity contribution is -0.129. The maximum Gasteiger partial charge on any atom is 0.264 e. The van der Waals surface area contributed by atoms with Gasteiger partial charge in [0.1, 0.15) is 5.82 Å². The SMILES string of the molecule is O=C(CSc1n[nH]c(/C=C/c2ccccc2)n1)N1CCN(C(=O)c2cccs2)CC1. The van der Waals surface area contributed by atoms with Gasteiger partial charge < -0.3 is 9.80 Å². The fourth-order valence-corrected chi connectivity index (χ4v) is 4.47. The van der Waals surface area contributed by atoms with Gasteiger partial charge in [-0.2, -0.15) is 0 Å². The average molecular weight is 440 g/mol. The Morgan fingerprint density at radius 3 is 2.53 bits per heavy atom. The molecule has 0 aliphatic carbocycles. The number of amides is 2. The van der Waals surface area contributed by atoms with Crippen molar-refractivity contribution in [3.05, 3.63) is 64.1 Å². The molecule has 1 aliphatic heterocycles. The van der Waals surface area contributed by atoms with Gasteiger partial charge in [-0.05, 0) is 23.1 Å². The summed E-state index contributed by atoms with van der Waals surface area (Å²) in [5, 5.41) is 9.48. The molecule has 1 N–H and O–H groups in total. The Bertz CT molecular complexity index is 1010. The third kappa shape index (κ3) is 5.17. The smallest absolute Gasteiger partial charge is 0.264 e. The Hall–Kier alpha value is -2.91. The zero-order chi connectivity index (χ0) is 20.8. The van der Waals surface area contributed by atoms with Crippen LogP contribution < -0.4 is 0 Å². The quantitative estimate of drug-likeness (QED) is 0.597. The van der Waals surface area contributed by atoms with E-state index in [9.17, 15) is 9.59 Å². The number of hydrogen-bond acceptors (Lipinski definition) is 6. The van der Waals surface area contributed by atoms with Crippen LogP contribution in [0.2, 0.25) is 0 Å².